The summed E-state index contributed by atoms with van der Waals surface area (Å²) in [7, 11) is 0. The SMILES string of the molecule is Cc1nn2cc(-c3ccccc3C(F)(F)F)nc2s1. The van der Waals surface area contributed by atoms with E-state index in [1.54, 1.807) is 6.07 Å². The summed E-state index contributed by atoms with van der Waals surface area (Å²) in [6, 6.07) is 5.41. The van der Waals surface area contributed by atoms with Gasteiger partial charge >= 0.3 is 6.18 Å². The van der Waals surface area contributed by atoms with Gasteiger partial charge in [0.25, 0.3) is 0 Å². The molecule has 2 aromatic heterocycles. The van der Waals surface area contributed by atoms with Gasteiger partial charge in [-0.1, -0.05) is 29.5 Å². The van der Waals surface area contributed by atoms with Gasteiger partial charge in [-0.2, -0.15) is 18.3 Å². The Bertz CT molecular complexity index is 711. The van der Waals surface area contributed by atoms with E-state index >= 15 is 0 Å². The fourth-order valence-corrected chi connectivity index (χ4v) is 2.61. The Hall–Kier alpha value is -1.89. The van der Waals surface area contributed by atoms with Crippen molar-refractivity contribution in [1.29, 1.82) is 0 Å². The summed E-state index contributed by atoms with van der Waals surface area (Å²) in [6.45, 7) is 1.82. The van der Waals surface area contributed by atoms with Gasteiger partial charge in [0, 0.05) is 5.56 Å². The third kappa shape index (κ3) is 2.10. The van der Waals surface area contributed by atoms with Crippen molar-refractivity contribution in [2.45, 2.75) is 13.1 Å². The van der Waals surface area contributed by atoms with Crippen molar-refractivity contribution in [3.05, 3.63) is 41.0 Å². The second kappa shape index (κ2) is 4.06. The minimum absolute atomic E-state index is 0.0744. The van der Waals surface area contributed by atoms with Crippen LogP contribution in [0.1, 0.15) is 10.6 Å². The average molecular weight is 283 g/mol. The van der Waals surface area contributed by atoms with Crippen LogP contribution in [-0.2, 0) is 6.18 Å². The lowest BCUT2D eigenvalue weighted by atomic mass is 10.1. The van der Waals surface area contributed by atoms with Crippen molar-refractivity contribution >= 4 is 16.3 Å². The van der Waals surface area contributed by atoms with E-state index in [0.717, 1.165) is 11.1 Å². The molecule has 0 saturated carbocycles. The molecule has 0 fully saturated rings. The Kier molecular flexibility index (Phi) is 2.60. The average Bonchev–Trinajstić information content (AvgIpc) is 2.85. The maximum Gasteiger partial charge on any atom is 0.417 e. The van der Waals surface area contributed by atoms with Gasteiger partial charge in [0.1, 0.15) is 5.01 Å². The molecule has 0 bridgehead atoms. The minimum Gasteiger partial charge on any atom is -0.217 e. The number of fused-ring (bicyclic) bond motifs is 1. The van der Waals surface area contributed by atoms with Gasteiger partial charge in [0.15, 0.2) is 0 Å². The summed E-state index contributed by atoms with van der Waals surface area (Å²) < 4.78 is 40.3. The summed E-state index contributed by atoms with van der Waals surface area (Å²) in [6.07, 6.45) is -2.87. The lowest BCUT2D eigenvalue weighted by molar-refractivity contribution is -0.137. The molecule has 0 aliphatic rings. The van der Waals surface area contributed by atoms with Gasteiger partial charge in [0.2, 0.25) is 4.96 Å². The van der Waals surface area contributed by atoms with Gasteiger partial charge < -0.3 is 0 Å². The zero-order valence-corrected chi connectivity index (χ0v) is 10.6. The molecule has 0 saturated heterocycles. The first-order valence-corrected chi connectivity index (χ1v) is 6.26. The number of hydrogen-bond acceptors (Lipinski definition) is 3. The standard InChI is InChI=1S/C12H8F3N3S/c1-7-17-18-6-10(16-11(18)19-7)8-4-2-3-5-9(8)12(13,14)15/h2-6H,1H3. The molecule has 3 rings (SSSR count). The largest absolute Gasteiger partial charge is 0.417 e. The third-order valence-electron chi connectivity index (χ3n) is 2.65. The van der Waals surface area contributed by atoms with E-state index < -0.39 is 11.7 Å². The van der Waals surface area contributed by atoms with Crippen LogP contribution in [0.5, 0.6) is 0 Å². The van der Waals surface area contributed by atoms with E-state index in [1.165, 1.54) is 34.2 Å². The van der Waals surface area contributed by atoms with E-state index in [2.05, 4.69) is 10.1 Å². The van der Waals surface area contributed by atoms with Crippen molar-refractivity contribution in [3.63, 3.8) is 0 Å². The van der Waals surface area contributed by atoms with Crippen LogP contribution < -0.4 is 0 Å². The molecule has 3 aromatic rings. The maximum absolute atomic E-state index is 12.9. The smallest absolute Gasteiger partial charge is 0.217 e. The number of rotatable bonds is 1. The molecule has 19 heavy (non-hydrogen) atoms. The second-order valence-electron chi connectivity index (χ2n) is 4.02. The number of nitrogens with zero attached hydrogens (tertiary/aromatic N) is 3. The summed E-state index contributed by atoms with van der Waals surface area (Å²) >= 11 is 1.34. The number of halogens is 3. The fourth-order valence-electron chi connectivity index (χ4n) is 1.88. The summed E-state index contributed by atoms with van der Waals surface area (Å²) in [5, 5.41) is 4.96. The Morgan fingerprint density at radius 3 is 2.63 bits per heavy atom. The molecule has 0 unspecified atom stereocenters. The summed E-state index contributed by atoms with van der Waals surface area (Å²) in [5.74, 6) is 0. The van der Waals surface area contributed by atoms with Crippen molar-refractivity contribution in [2.24, 2.45) is 0 Å². The highest BCUT2D eigenvalue weighted by Crippen LogP contribution is 2.36. The molecular weight excluding hydrogens is 275 g/mol. The molecule has 0 N–H and O–H groups in total. The fraction of sp³-hybridized carbons (Fsp3) is 0.167. The molecule has 0 aliphatic heterocycles. The van der Waals surface area contributed by atoms with Crippen LogP contribution in [-0.4, -0.2) is 14.6 Å². The van der Waals surface area contributed by atoms with Crippen LogP contribution in [0, 0.1) is 6.92 Å². The number of aryl methyl sites for hydroxylation is 1. The van der Waals surface area contributed by atoms with Crippen LogP contribution in [0.2, 0.25) is 0 Å². The number of aromatic nitrogens is 3. The number of imidazole rings is 1. The van der Waals surface area contributed by atoms with E-state index in [-0.39, 0.29) is 11.3 Å². The Morgan fingerprint density at radius 1 is 1.21 bits per heavy atom. The zero-order chi connectivity index (χ0) is 13.6. The van der Waals surface area contributed by atoms with E-state index in [9.17, 15) is 13.2 Å². The van der Waals surface area contributed by atoms with Crippen molar-refractivity contribution in [3.8, 4) is 11.3 Å². The monoisotopic (exact) mass is 283 g/mol. The van der Waals surface area contributed by atoms with Gasteiger partial charge in [-0.15, -0.1) is 0 Å². The Balaban J connectivity index is 2.18. The highest BCUT2D eigenvalue weighted by molar-refractivity contribution is 7.16. The molecule has 1 aromatic carbocycles. The molecule has 0 aliphatic carbocycles. The van der Waals surface area contributed by atoms with Gasteiger partial charge in [0.05, 0.1) is 17.5 Å². The highest BCUT2D eigenvalue weighted by atomic mass is 32.1. The first-order chi connectivity index (χ1) is 8.95. The molecule has 98 valence electrons. The predicted octanol–water partition coefficient (Wildman–Crippen LogP) is 3.79. The lowest BCUT2D eigenvalue weighted by Gasteiger charge is -2.10. The number of alkyl halides is 3. The molecule has 0 amide bonds. The van der Waals surface area contributed by atoms with Gasteiger partial charge in [-0.3, -0.25) is 0 Å². The first kappa shape index (κ1) is 12.2. The molecule has 0 spiro atoms. The first-order valence-electron chi connectivity index (χ1n) is 5.44. The topological polar surface area (TPSA) is 30.2 Å². The zero-order valence-electron chi connectivity index (χ0n) is 9.77. The molecular formula is C12H8F3N3S. The van der Waals surface area contributed by atoms with E-state index in [1.807, 2.05) is 6.92 Å². The quantitative estimate of drug-likeness (QED) is 0.680. The molecule has 7 heteroatoms. The van der Waals surface area contributed by atoms with Gasteiger partial charge in [-0.05, 0) is 13.0 Å². The van der Waals surface area contributed by atoms with Crippen LogP contribution in [0.3, 0.4) is 0 Å². The lowest BCUT2D eigenvalue weighted by Crippen LogP contribution is -2.06. The predicted molar refractivity (Wildman–Crippen MR) is 66.0 cm³/mol. The van der Waals surface area contributed by atoms with Gasteiger partial charge in [-0.25, -0.2) is 9.50 Å². The van der Waals surface area contributed by atoms with Crippen molar-refractivity contribution < 1.29 is 13.2 Å². The summed E-state index contributed by atoms with van der Waals surface area (Å²) in [5.41, 5.74) is -0.325. The second-order valence-corrected chi connectivity index (χ2v) is 5.18. The number of hydrogen-bond donors (Lipinski definition) is 0. The maximum atomic E-state index is 12.9. The normalized spacial score (nSPS) is 12.2. The van der Waals surface area contributed by atoms with Crippen LogP contribution in [0.25, 0.3) is 16.2 Å². The number of benzene rings is 1. The van der Waals surface area contributed by atoms with Crippen LogP contribution >= 0.6 is 11.3 Å². The third-order valence-corrected chi connectivity index (χ3v) is 3.49. The van der Waals surface area contributed by atoms with E-state index in [0.29, 0.717) is 4.96 Å². The molecule has 3 nitrogen and oxygen atoms in total. The molecule has 0 atom stereocenters. The van der Waals surface area contributed by atoms with Crippen molar-refractivity contribution in [1.82, 2.24) is 14.6 Å². The molecule has 0 radical (unpaired) electrons. The van der Waals surface area contributed by atoms with Crippen LogP contribution in [0.4, 0.5) is 13.2 Å². The molecule has 2 heterocycles. The summed E-state index contributed by atoms with van der Waals surface area (Å²) in [4.78, 5) is 4.78. The van der Waals surface area contributed by atoms with Crippen LogP contribution in [0.15, 0.2) is 30.5 Å². The minimum atomic E-state index is -4.39. The van der Waals surface area contributed by atoms with Crippen molar-refractivity contribution in [2.75, 3.05) is 0 Å². The Morgan fingerprint density at radius 2 is 1.95 bits per heavy atom. The highest BCUT2D eigenvalue weighted by Gasteiger charge is 2.33. The Labute approximate surface area is 110 Å². The van der Waals surface area contributed by atoms with E-state index in [4.69, 9.17) is 0 Å².